The van der Waals surface area contributed by atoms with Crippen LogP contribution in [-0.2, 0) is 9.53 Å². The highest BCUT2D eigenvalue weighted by Crippen LogP contribution is 2.38. The number of aromatic nitrogens is 2. The van der Waals surface area contributed by atoms with Crippen molar-refractivity contribution in [2.45, 2.75) is 40.7 Å². The SMILES string of the molecule is CCOC(=O)C1=C(c2ccccc2)N=c2s/c(=C/c3cc(C)n(-c4ccc(C)c(C)c4)c3C)c(=O)n2[C@H]1c1ccc(OC)c(OC)c1. The summed E-state index contributed by atoms with van der Waals surface area (Å²) in [5.74, 6) is 0.473. The van der Waals surface area contributed by atoms with E-state index in [-0.39, 0.29) is 17.7 Å². The molecule has 3 heterocycles. The smallest absolute Gasteiger partial charge is 0.338 e. The molecule has 0 spiro atoms. The summed E-state index contributed by atoms with van der Waals surface area (Å²) in [6, 6.07) is 22.6. The molecule has 0 saturated carbocycles. The van der Waals surface area contributed by atoms with Crippen molar-refractivity contribution in [1.29, 1.82) is 0 Å². The minimum Gasteiger partial charge on any atom is -0.493 e. The van der Waals surface area contributed by atoms with Gasteiger partial charge in [-0.15, -0.1) is 0 Å². The Morgan fingerprint density at radius 1 is 0.915 bits per heavy atom. The first-order chi connectivity index (χ1) is 22.7. The standard InChI is InChI=1S/C38H37N3O5S/c1-8-46-37(43)33-34(26-12-10-9-11-13-26)39-38-41(35(33)27-15-17-30(44-6)31(20-27)45-7)36(42)32(47-38)21-28-19-24(4)40(25(28)5)29-16-14-22(2)23(3)18-29/h9-21,35H,8H2,1-7H3/b32-21+/t35-/m0/s1. The van der Waals surface area contributed by atoms with Gasteiger partial charge in [-0.1, -0.05) is 53.8 Å². The highest BCUT2D eigenvalue weighted by Gasteiger charge is 2.35. The van der Waals surface area contributed by atoms with E-state index in [4.69, 9.17) is 19.2 Å². The third kappa shape index (κ3) is 5.72. The Morgan fingerprint density at radius 2 is 1.66 bits per heavy atom. The van der Waals surface area contributed by atoms with Gasteiger partial charge in [-0.3, -0.25) is 9.36 Å². The lowest BCUT2D eigenvalue weighted by molar-refractivity contribution is -0.138. The number of aryl methyl sites for hydroxylation is 3. The number of benzene rings is 3. The fourth-order valence-corrected chi connectivity index (χ4v) is 7.11. The normalized spacial score (nSPS) is 14.5. The molecule has 6 rings (SSSR count). The van der Waals surface area contributed by atoms with E-state index in [2.05, 4.69) is 56.5 Å². The minimum absolute atomic E-state index is 0.170. The van der Waals surface area contributed by atoms with Crippen LogP contribution in [0.25, 0.3) is 17.5 Å². The van der Waals surface area contributed by atoms with Gasteiger partial charge in [0, 0.05) is 22.6 Å². The lowest BCUT2D eigenvalue weighted by Crippen LogP contribution is -2.40. The van der Waals surface area contributed by atoms with E-state index < -0.39 is 12.0 Å². The molecule has 0 amide bonds. The van der Waals surface area contributed by atoms with E-state index >= 15 is 0 Å². The largest absolute Gasteiger partial charge is 0.493 e. The summed E-state index contributed by atoms with van der Waals surface area (Å²) in [5, 5.41) is 0. The number of methoxy groups -OCH3 is 2. The van der Waals surface area contributed by atoms with Crippen molar-refractivity contribution in [2.75, 3.05) is 20.8 Å². The molecular formula is C38H37N3O5S. The van der Waals surface area contributed by atoms with Gasteiger partial charge in [0.1, 0.15) is 0 Å². The van der Waals surface area contributed by atoms with Gasteiger partial charge in [-0.05, 0) is 93.3 Å². The van der Waals surface area contributed by atoms with Gasteiger partial charge in [-0.25, -0.2) is 9.79 Å². The molecule has 0 bridgehead atoms. The van der Waals surface area contributed by atoms with Crippen molar-refractivity contribution in [3.8, 4) is 17.2 Å². The first-order valence-corrected chi connectivity index (χ1v) is 16.2. The second kappa shape index (κ2) is 12.9. The number of hydrogen-bond acceptors (Lipinski definition) is 7. The molecule has 9 heteroatoms. The Labute approximate surface area is 277 Å². The van der Waals surface area contributed by atoms with E-state index in [9.17, 15) is 9.59 Å². The molecule has 1 aliphatic heterocycles. The highest BCUT2D eigenvalue weighted by molar-refractivity contribution is 7.07. The molecular weight excluding hydrogens is 611 g/mol. The van der Waals surface area contributed by atoms with Crippen LogP contribution in [0, 0.1) is 27.7 Å². The van der Waals surface area contributed by atoms with Crippen LogP contribution in [0.2, 0.25) is 0 Å². The molecule has 47 heavy (non-hydrogen) atoms. The molecule has 2 aromatic heterocycles. The number of thiazole rings is 1. The van der Waals surface area contributed by atoms with Gasteiger partial charge in [0.25, 0.3) is 5.56 Å². The van der Waals surface area contributed by atoms with Crippen LogP contribution >= 0.6 is 11.3 Å². The van der Waals surface area contributed by atoms with E-state index in [0.717, 1.165) is 28.2 Å². The number of rotatable bonds is 8. The Hall–Kier alpha value is -5.15. The van der Waals surface area contributed by atoms with Crippen LogP contribution in [0.15, 0.2) is 88.2 Å². The molecule has 3 aromatic carbocycles. The van der Waals surface area contributed by atoms with Gasteiger partial charge in [0.05, 0.1) is 42.7 Å². The molecule has 0 saturated heterocycles. The van der Waals surface area contributed by atoms with E-state index in [1.807, 2.05) is 42.5 Å². The zero-order valence-electron chi connectivity index (χ0n) is 27.6. The number of esters is 1. The molecule has 8 nitrogen and oxygen atoms in total. The van der Waals surface area contributed by atoms with E-state index in [1.165, 1.54) is 22.5 Å². The monoisotopic (exact) mass is 647 g/mol. The fraction of sp³-hybridized carbons (Fsp3) is 0.237. The Balaban J connectivity index is 1.61. The number of ether oxygens (including phenoxy) is 3. The maximum absolute atomic E-state index is 14.4. The van der Waals surface area contributed by atoms with Crippen molar-refractivity contribution in [1.82, 2.24) is 9.13 Å². The zero-order valence-corrected chi connectivity index (χ0v) is 28.4. The summed E-state index contributed by atoms with van der Waals surface area (Å²) < 4.78 is 21.0. The molecule has 5 aromatic rings. The molecule has 0 N–H and O–H groups in total. The maximum atomic E-state index is 14.4. The predicted molar refractivity (Wildman–Crippen MR) is 185 cm³/mol. The molecule has 0 radical (unpaired) electrons. The zero-order chi connectivity index (χ0) is 33.4. The van der Waals surface area contributed by atoms with Gasteiger partial charge < -0.3 is 18.8 Å². The van der Waals surface area contributed by atoms with Crippen LogP contribution in [0.3, 0.4) is 0 Å². The number of carbonyl (C=O) groups excluding carboxylic acids is 1. The van der Waals surface area contributed by atoms with Crippen molar-refractivity contribution >= 4 is 29.1 Å². The van der Waals surface area contributed by atoms with Crippen LogP contribution in [0.5, 0.6) is 11.5 Å². The molecule has 1 aliphatic rings. The highest BCUT2D eigenvalue weighted by atomic mass is 32.1. The third-order valence-corrected chi connectivity index (χ3v) is 9.59. The summed E-state index contributed by atoms with van der Waals surface area (Å²) in [7, 11) is 3.12. The first-order valence-electron chi connectivity index (χ1n) is 15.4. The Bertz CT molecular complexity index is 2220. The van der Waals surface area contributed by atoms with Crippen molar-refractivity contribution in [3.05, 3.63) is 137 Å². The first kappa shape index (κ1) is 31.8. The van der Waals surface area contributed by atoms with Gasteiger partial charge in [0.2, 0.25) is 0 Å². The van der Waals surface area contributed by atoms with E-state index in [0.29, 0.717) is 32.1 Å². The molecule has 1 atom stereocenters. The number of fused-ring (bicyclic) bond motifs is 1. The minimum atomic E-state index is -0.828. The molecule has 0 aliphatic carbocycles. The van der Waals surface area contributed by atoms with Gasteiger partial charge in [0.15, 0.2) is 16.3 Å². The predicted octanol–water partition coefficient (Wildman–Crippen LogP) is 5.98. The second-order valence-electron chi connectivity index (χ2n) is 11.5. The van der Waals surface area contributed by atoms with Crippen molar-refractivity contribution in [2.24, 2.45) is 4.99 Å². The van der Waals surface area contributed by atoms with Crippen LogP contribution in [0.4, 0.5) is 0 Å². The molecule has 0 unspecified atom stereocenters. The summed E-state index contributed by atoms with van der Waals surface area (Å²) in [4.78, 5) is 33.7. The topological polar surface area (TPSA) is 84.1 Å². The number of hydrogen-bond donors (Lipinski definition) is 0. The van der Waals surface area contributed by atoms with E-state index in [1.54, 1.807) is 37.8 Å². The van der Waals surface area contributed by atoms with Crippen LogP contribution in [0.1, 0.15) is 52.2 Å². The van der Waals surface area contributed by atoms with Gasteiger partial charge >= 0.3 is 5.97 Å². The molecule has 240 valence electrons. The van der Waals surface area contributed by atoms with Crippen LogP contribution in [-0.4, -0.2) is 35.9 Å². The fourth-order valence-electron chi connectivity index (χ4n) is 6.12. The van der Waals surface area contributed by atoms with Gasteiger partial charge in [-0.2, -0.15) is 0 Å². The Kier molecular flexibility index (Phi) is 8.75. The molecule has 0 fully saturated rings. The summed E-state index contributed by atoms with van der Waals surface area (Å²) in [5.41, 5.74) is 8.43. The van der Waals surface area contributed by atoms with Crippen LogP contribution < -0.4 is 24.4 Å². The summed E-state index contributed by atoms with van der Waals surface area (Å²) in [6.45, 7) is 10.3. The maximum Gasteiger partial charge on any atom is 0.338 e. The second-order valence-corrected chi connectivity index (χ2v) is 12.5. The average Bonchev–Trinajstić information content (AvgIpc) is 3.54. The lowest BCUT2D eigenvalue weighted by Gasteiger charge is -2.26. The summed E-state index contributed by atoms with van der Waals surface area (Å²) in [6.07, 6.45) is 1.92. The summed E-state index contributed by atoms with van der Waals surface area (Å²) >= 11 is 1.30. The average molecular weight is 648 g/mol. The third-order valence-electron chi connectivity index (χ3n) is 8.60. The lowest BCUT2D eigenvalue weighted by atomic mass is 9.93. The van der Waals surface area contributed by atoms with Crippen molar-refractivity contribution in [3.63, 3.8) is 0 Å². The number of carbonyl (C=O) groups is 1. The number of nitrogens with zero attached hydrogens (tertiary/aromatic N) is 3. The van der Waals surface area contributed by atoms with Crippen molar-refractivity contribution < 1.29 is 19.0 Å². The quantitative estimate of drug-likeness (QED) is 0.194. The Morgan fingerprint density at radius 3 is 2.34 bits per heavy atom.